The van der Waals surface area contributed by atoms with E-state index in [1.807, 2.05) is 19.9 Å². The molecule has 0 saturated heterocycles. The number of carbonyl (C=O) groups is 3. The van der Waals surface area contributed by atoms with Crippen LogP contribution < -0.4 is 16.2 Å². The molecular weight excluding hydrogens is 394 g/mol. The van der Waals surface area contributed by atoms with Crippen LogP contribution in [0.3, 0.4) is 0 Å². The topological polar surface area (TPSA) is 87.3 Å². The molecule has 1 aromatic carbocycles. The predicted molar refractivity (Wildman–Crippen MR) is 95.9 cm³/mol. The zero-order valence-electron chi connectivity index (χ0n) is 13.1. The van der Waals surface area contributed by atoms with Crippen LogP contribution in [-0.2, 0) is 4.79 Å². The third-order valence-corrected chi connectivity index (χ3v) is 4.91. The Morgan fingerprint density at radius 2 is 1.75 bits per heavy atom. The Morgan fingerprint density at radius 3 is 2.38 bits per heavy atom. The van der Waals surface area contributed by atoms with Crippen LogP contribution in [0.25, 0.3) is 0 Å². The summed E-state index contributed by atoms with van der Waals surface area (Å²) in [5.74, 6) is -1.28. The molecule has 2 rings (SSSR count). The average molecular weight is 410 g/mol. The monoisotopic (exact) mass is 409 g/mol. The van der Waals surface area contributed by atoms with Crippen molar-refractivity contribution in [2.24, 2.45) is 0 Å². The number of nitrogens with one attached hydrogen (secondary N) is 3. The minimum absolute atomic E-state index is 0.236. The molecule has 2 aromatic rings. The number of hydrogen-bond donors (Lipinski definition) is 3. The van der Waals surface area contributed by atoms with Crippen LogP contribution in [0, 0.1) is 13.8 Å². The Kier molecular flexibility index (Phi) is 6.10. The molecule has 0 fully saturated rings. The van der Waals surface area contributed by atoms with Gasteiger partial charge in [0.15, 0.2) is 0 Å². The van der Waals surface area contributed by atoms with Crippen molar-refractivity contribution in [3.05, 3.63) is 55.7 Å². The van der Waals surface area contributed by atoms with E-state index in [0.29, 0.717) is 10.4 Å². The standard InChI is InChI=1S/C16H16BrN3O3S/c1-9-3-4-11(7-10(9)2)15(22)18-8-14(21)19-20-16(23)12-5-6-13(17)24-12/h3-7H,8H2,1-2H3,(H,18,22)(H,19,21)(H,20,23). The average Bonchev–Trinajstić information content (AvgIpc) is 2.99. The van der Waals surface area contributed by atoms with Gasteiger partial charge in [0.1, 0.15) is 0 Å². The SMILES string of the molecule is Cc1ccc(C(=O)NCC(=O)NNC(=O)c2ccc(Br)s2)cc1C. The number of hydrogen-bond acceptors (Lipinski definition) is 4. The number of halogens is 1. The normalized spacial score (nSPS) is 10.1. The second-order valence-electron chi connectivity index (χ2n) is 5.09. The van der Waals surface area contributed by atoms with Gasteiger partial charge in [0.2, 0.25) is 0 Å². The van der Waals surface area contributed by atoms with E-state index in [1.165, 1.54) is 11.3 Å². The van der Waals surface area contributed by atoms with Gasteiger partial charge < -0.3 is 5.32 Å². The first kappa shape index (κ1) is 18.2. The van der Waals surface area contributed by atoms with Crippen LogP contribution in [-0.4, -0.2) is 24.3 Å². The van der Waals surface area contributed by atoms with Gasteiger partial charge in [0.25, 0.3) is 17.7 Å². The summed E-state index contributed by atoms with van der Waals surface area (Å²) in [7, 11) is 0. The molecule has 0 aliphatic carbocycles. The van der Waals surface area contributed by atoms with Crippen LogP contribution in [0.15, 0.2) is 34.1 Å². The van der Waals surface area contributed by atoms with E-state index in [2.05, 4.69) is 32.1 Å². The third kappa shape index (κ3) is 4.90. The number of rotatable bonds is 4. The van der Waals surface area contributed by atoms with E-state index in [1.54, 1.807) is 24.3 Å². The highest BCUT2D eigenvalue weighted by Crippen LogP contribution is 2.21. The first-order valence-electron chi connectivity index (χ1n) is 7.07. The largest absolute Gasteiger partial charge is 0.343 e. The van der Waals surface area contributed by atoms with Gasteiger partial charge in [-0.05, 0) is 65.2 Å². The minimum atomic E-state index is -0.517. The molecule has 1 aromatic heterocycles. The molecule has 0 saturated carbocycles. The van der Waals surface area contributed by atoms with Crippen molar-refractivity contribution >= 4 is 45.0 Å². The van der Waals surface area contributed by atoms with Crippen molar-refractivity contribution in [2.45, 2.75) is 13.8 Å². The van der Waals surface area contributed by atoms with Crippen LogP contribution >= 0.6 is 27.3 Å². The Morgan fingerprint density at radius 1 is 1.00 bits per heavy atom. The van der Waals surface area contributed by atoms with E-state index in [0.717, 1.165) is 14.9 Å². The molecule has 0 radical (unpaired) electrons. The van der Waals surface area contributed by atoms with Gasteiger partial charge in [-0.3, -0.25) is 25.2 Å². The number of thiophene rings is 1. The summed E-state index contributed by atoms with van der Waals surface area (Å²) in [6, 6.07) is 8.69. The third-order valence-electron chi connectivity index (χ3n) is 3.29. The Labute approximate surface area is 151 Å². The van der Waals surface area contributed by atoms with Crippen molar-refractivity contribution in [3.8, 4) is 0 Å². The minimum Gasteiger partial charge on any atom is -0.343 e. The zero-order chi connectivity index (χ0) is 17.7. The molecule has 0 atom stereocenters. The molecule has 0 spiro atoms. The van der Waals surface area contributed by atoms with E-state index in [-0.39, 0.29) is 12.5 Å². The fourth-order valence-electron chi connectivity index (χ4n) is 1.81. The quantitative estimate of drug-likeness (QED) is 0.677. The highest BCUT2D eigenvalue weighted by Gasteiger charge is 2.11. The molecule has 6 nitrogen and oxygen atoms in total. The number of hydrazine groups is 1. The van der Waals surface area contributed by atoms with Gasteiger partial charge >= 0.3 is 0 Å². The van der Waals surface area contributed by atoms with Crippen LogP contribution in [0.4, 0.5) is 0 Å². The molecule has 1 heterocycles. The molecule has 0 unspecified atom stereocenters. The molecule has 126 valence electrons. The van der Waals surface area contributed by atoms with Crippen molar-refractivity contribution in [3.63, 3.8) is 0 Å². The summed E-state index contributed by atoms with van der Waals surface area (Å²) >= 11 is 4.51. The van der Waals surface area contributed by atoms with Gasteiger partial charge in [0.05, 0.1) is 15.2 Å². The summed E-state index contributed by atoms with van der Waals surface area (Å²) in [5, 5.41) is 2.51. The van der Waals surface area contributed by atoms with E-state index >= 15 is 0 Å². The summed E-state index contributed by atoms with van der Waals surface area (Å²) in [5.41, 5.74) is 7.12. The van der Waals surface area contributed by atoms with E-state index in [4.69, 9.17) is 0 Å². The molecule has 3 N–H and O–H groups in total. The second kappa shape index (κ2) is 8.07. The van der Waals surface area contributed by atoms with Gasteiger partial charge in [-0.1, -0.05) is 6.07 Å². The zero-order valence-corrected chi connectivity index (χ0v) is 15.5. The summed E-state index contributed by atoms with van der Waals surface area (Å²) in [6.07, 6.45) is 0. The van der Waals surface area contributed by atoms with Crippen molar-refractivity contribution in [1.82, 2.24) is 16.2 Å². The fraction of sp³-hybridized carbons (Fsp3) is 0.188. The van der Waals surface area contributed by atoms with E-state index < -0.39 is 11.8 Å². The predicted octanol–water partition coefficient (Wildman–Crippen LogP) is 2.32. The van der Waals surface area contributed by atoms with Crippen LogP contribution in [0.2, 0.25) is 0 Å². The molecule has 0 aliphatic heterocycles. The Hall–Kier alpha value is -2.19. The first-order valence-corrected chi connectivity index (χ1v) is 8.67. The van der Waals surface area contributed by atoms with Crippen molar-refractivity contribution < 1.29 is 14.4 Å². The lowest BCUT2D eigenvalue weighted by atomic mass is 10.1. The first-order chi connectivity index (χ1) is 11.4. The highest BCUT2D eigenvalue weighted by atomic mass is 79.9. The highest BCUT2D eigenvalue weighted by molar-refractivity contribution is 9.11. The number of carbonyl (C=O) groups excluding carboxylic acids is 3. The van der Waals surface area contributed by atoms with Crippen LogP contribution in [0.5, 0.6) is 0 Å². The molecular formula is C16H16BrN3O3S. The lowest BCUT2D eigenvalue weighted by molar-refractivity contribution is -0.120. The van der Waals surface area contributed by atoms with Gasteiger partial charge in [-0.25, -0.2) is 0 Å². The number of benzene rings is 1. The molecule has 0 bridgehead atoms. The van der Waals surface area contributed by atoms with Gasteiger partial charge in [0, 0.05) is 5.56 Å². The number of amides is 3. The lowest BCUT2D eigenvalue weighted by Crippen LogP contribution is -2.46. The molecule has 8 heteroatoms. The van der Waals surface area contributed by atoms with Gasteiger partial charge in [-0.15, -0.1) is 11.3 Å². The van der Waals surface area contributed by atoms with E-state index in [9.17, 15) is 14.4 Å². The maximum Gasteiger partial charge on any atom is 0.279 e. The summed E-state index contributed by atoms with van der Waals surface area (Å²) < 4.78 is 0.819. The second-order valence-corrected chi connectivity index (χ2v) is 7.55. The van der Waals surface area contributed by atoms with Gasteiger partial charge in [-0.2, -0.15) is 0 Å². The number of aryl methyl sites for hydroxylation is 2. The fourth-order valence-corrected chi connectivity index (χ4v) is 3.10. The lowest BCUT2D eigenvalue weighted by Gasteiger charge is -2.08. The van der Waals surface area contributed by atoms with Crippen LogP contribution in [0.1, 0.15) is 31.2 Å². The van der Waals surface area contributed by atoms with Crippen molar-refractivity contribution in [2.75, 3.05) is 6.54 Å². The molecule has 0 aliphatic rings. The maximum absolute atomic E-state index is 12.0. The Balaban J connectivity index is 1.79. The maximum atomic E-state index is 12.0. The summed E-state index contributed by atoms with van der Waals surface area (Å²) in [4.78, 5) is 35.9. The smallest absolute Gasteiger partial charge is 0.279 e. The molecule has 24 heavy (non-hydrogen) atoms. The van der Waals surface area contributed by atoms with Crippen molar-refractivity contribution in [1.29, 1.82) is 0 Å². The Bertz CT molecular complexity index is 789. The summed E-state index contributed by atoms with van der Waals surface area (Å²) in [6.45, 7) is 3.64. The molecule has 3 amide bonds.